The molecule has 0 unspecified atom stereocenters. The summed E-state index contributed by atoms with van der Waals surface area (Å²) >= 11 is -1.72. The van der Waals surface area contributed by atoms with Crippen LogP contribution in [0.1, 0.15) is 20.8 Å². The van der Waals surface area contributed by atoms with Crippen LogP contribution >= 0.6 is 0 Å². The maximum atomic E-state index is 3.07. The van der Waals surface area contributed by atoms with Gasteiger partial charge < -0.3 is 0 Å². The van der Waals surface area contributed by atoms with Gasteiger partial charge in [-0.2, -0.15) is 0 Å². The van der Waals surface area contributed by atoms with E-state index in [1.807, 2.05) is 20.8 Å². The first-order chi connectivity index (χ1) is 4.85. The van der Waals surface area contributed by atoms with Gasteiger partial charge in [0.05, 0.1) is 0 Å². The average Bonchev–Trinajstić information content (AvgIpc) is 1.90. The van der Waals surface area contributed by atoms with Crippen LogP contribution in [-0.4, -0.2) is 20.2 Å². The second-order valence-corrected chi connectivity index (χ2v) is 5.25. The summed E-state index contributed by atoms with van der Waals surface area (Å²) in [6.07, 6.45) is 0. The Morgan fingerprint density at radius 3 is 1.20 bits per heavy atom. The molecule has 0 spiro atoms. The summed E-state index contributed by atoms with van der Waals surface area (Å²) in [5.41, 5.74) is 0. The number of rotatable bonds is 0. The van der Waals surface area contributed by atoms with Crippen molar-refractivity contribution in [2.24, 2.45) is 0 Å². The molecule has 0 atom stereocenters. The SMILES string of the molecule is CC#[C][Sb]([C]#CC)[C]#CC. The Hall–Kier alpha value is -0.502. The second-order valence-electron chi connectivity index (χ2n) is 1.42. The molecule has 50 valence electrons. The topological polar surface area (TPSA) is 0 Å². The van der Waals surface area contributed by atoms with Crippen LogP contribution in [0, 0.1) is 29.4 Å². The van der Waals surface area contributed by atoms with Crippen molar-refractivity contribution in [3.63, 3.8) is 0 Å². The van der Waals surface area contributed by atoms with Crippen LogP contribution in [0.15, 0.2) is 0 Å². The van der Waals surface area contributed by atoms with Gasteiger partial charge in [0.25, 0.3) is 0 Å². The van der Waals surface area contributed by atoms with Gasteiger partial charge in [0, 0.05) is 0 Å². The van der Waals surface area contributed by atoms with Crippen LogP contribution in [0.3, 0.4) is 0 Å². The summed E-state index contributed by atoms with van der Waals surface area (Å²) in [4.78, 5) is 0. The predicted octanol–water partition coefficient (Wildman–Crippen LogP) is 1.17. The molecule has 0 fully saturated rings. The Morgan fingerprint density at radius 1 is 0.700 bits per heavy atom. The summed E-state index contributed by atoms with van der Waals surface area (Å²) in [5, 5.41) is 0. The van der Waals surface area contributed by atoms with Gasteiger partial charge in [-0.3, -0.25) is 0 Å². The molecule has 0 heterocycles. The van der Waals surface area contributed by atoms with Crippen LogP contribution < -0.4 is 0 Å². The van der Waals surface area contributed by atoms with E-state index in [4.69, 9.17) is 0 Å². The summed E-state index contributed by atoms with van der Waals surface area (Å²) in [5.74, 6) is 8.59. The Bertz CT molecular complexity index is 209. The Morgan fingerprint density at radius 2 is 1.00 bits per heavy atom. The molecule has 0 radical (unpaired) electrons. The van der Waals surface area contributed by atoms with Crippen molar-refractivity contribution in [2.75, 3.05) is 0 Å². The van der Waals surface area contributed by atoms with Crippen molar-refractivity contribution in [2.45, 2.75) is 20.8 Å². The van der Waals surface area contributed by atoms with Crippen molar-refractivity contribution in [3.8, 4) is 29.4 Å². The summed E-state index contributed by atoms with van der Waals surface area (Å²) in [7, 11) is 0. The van der Waals surface area contributed by atoms with Crippen LogP contribution in [0.4, 0.5) is 0 Å². The van der Waals surface area contributed by atoms with Gasteiger partial charge >= 0.3 is 70.3 Å². The molecule has 0 bridgehead atoms. The van der Waals surface area contributed by atoms with Gasteiger partial charge in [0.2, 0.25) is 0 Å². The van der Waals surface area contributed by atoms with Crippen LogP contribution in [0.2, 0.25) is 0 Å². The third-order valence-electron chi connectivity index (χ3n) is 0.671. The molecule has 0 rings (SSSR count). The fraction of sp³-hybridized carbons (Fsp3) is 0.333. The van der Waals surface area contributed by atoms with E-state index >= 15 is 0 Å². The molecule has 0 aromatic heterocycles. The van der Waals surface area contributed by atoms with E-state index in [-0.39, 0.29) is 0 Å². The van der Waals surface area contributed by atoms with Gasteiger partial charge in [-0.05, 0) is 0 Å². The molecule has 0 aromatic carbocycles. The Kier molecular flexibility index (Phi) is 6.28. The van der Waals surface area contributed by atoms with Crippen molar-refractivity contribution in [3.05, 3.63) is 0 Å². The van der Waals surface area contributed by atoms with Crippen molar-refractivity contribution in [1.29, 1.82) is 0 Å². The fourth-order valence-corrected chi connectivity index (χ4v) is 2.81. The molecule has 0 aliphatic carbocycles. The van der Waals surface area contributed by atoms with Crippen molar-refractivity contribution >= 4 is 20.2 Å². The molecule has 0 nitrogen and oxygen atoms in total. The van der Waals surface area contributed by atoms with Crippen molar-refractivity contribution in [1.82, 2.24) is 0 Å². The van der Waals surface area contributed by atoms with E-state index in [1.54, 1.807) is 0 Å². The van der Waals surface area contributed by atoms with Crippen molar-refractivity contribution < 1.29 is 0 Å². The molecule has 0 aromatic rings. The Labute approximate surface area is 70.4 Å². The third kappa shape index (κ3) is 4.38. The van der Waals surface area contributed by atoms with E-state index in [0.717, 1.165) is 0 Å². The monoisotopic (exact) mass is 238 g/mol. The normalized spacial score (nSPS) is 6.00. The molecule has 0 aliphatic rings. The van der Waals surface area contributed by atoms with Gasteiger partial charge in [0.1, 0.15) is 0 Å². The first kappa shape index (κ1) is 9.50. The Balaban J connectivity index is 4.26. The first-order valence-electron chi connectivity index (χ1n) is 2.92. The van der Waals surface area contributed by atoms with Gasteiger partial charge in [0.15, 0.2) is 0 Å². The molecule has 0 saturated heterocycles. The van der Waals surface area contributed by atoms with E-state index in [0.29, 0.717) is 0 Å². The van der Waals surface area contributed by atoms with Crippen LogP contribution in [0.25, 0.3) is 0 Å². The molecule has 0 amide bonds. The minimum atomic E-state index is -1.72. The zero-order valence-electron chi connectivity index (χ0n) is 6.45. The zero-order chi connectivity index (χ0) is 7.82. The molecule has 0 saturated carbocycles. The standard InChI is InChI=1S/3C3H3.Sb/c3*1-3-2;/h3*1H3;. The minimum absolute atomic E-state index is 1.72. The molecule has 1 heteroatoms. The van der Waals surface area contributed by atoms with E-state index < -0.39 is 20.2 Å². The maximum absolute atomic E-state index is 3.07. The summed E-state index contributed by atoms with van der Waals surface area (Å²) in [6, 6.07) is 0. The third-order valence-corrected chi connectivity index (χ3v) is 4.50. The summed E-state index contributed by atoms with van der Waals surface area (Å²) < 4.78 is 9.21. The second kappa shape index (κ2) is 6.62. The molecular weight excluding hydrogens is 230 g/mol. The first-order valence-corrected chi connectivity index (χ1v) is 6.75. The number of hydrogen-bond acceptors (Lipinski definition) is 0. The van der Waals surface area contributed by atoms with Crippen LogP contribution in [-0.2, 0) is 0 Å². The molecule has 0 aliphatic heterocycles. The molecule has 0 N–H and O–H groups in total. The van der Waals surface area contributed by atoms with E-state index in [2.05, 4.69) is 29.4 Å². The fourth-order valence-electron chi connectivity index (χ4n) is 0.419. The van der Waals surface area contributed by atoms with Gasteiger partial charge in [-0.15, -0.1) is 0 Å². The predicted molar refractivity (Wildman–Crippen MR) is 46.1 cm³/mol. The zero-order valence-corrected chi connectivity index (χ0v) is 9.00. The molecular formula is C9H9Sb. The molecule has 10 heavy (non-hydrogen) atoms. The van der Waals surface area contributed by atoms with Crippen LogP contribution in [0.5, 0.6) is 0 Å². The van der Waals surface area contributed by atoms with E-state index in [9.17, 15) is 0 Å². The van der Waals surface area contributed by atoms with Gasteiger partial charge in [-0.25, -0.2) is 0 Å². The van der Waals surface area contributed by atoms with Gasteiger partial charge in [-0.1, -0.05) is 0 Å². The van der Waals surface area contributed by atoms with E-state index in [1.165, 1.54) is 0 Å². The average molecular weight is 239 g/mol. The summed E-state index contributed by atoms with van der Waals surface area (Å²) in [6.45, 7) is 5.52. The number of hydrogen-bond donors (Lipinski definition) is 0. The quantitative estimate of drug-likeness (QED) is 0.439.